The lowest BCUT2D eigenvalue weighted by Crippen LogP contribution is -2.36. The number of benzene rings is 1. The summed E-state index contributed by atoms with van der Waals surface area (Å²) < 4.78 is 3.09. The van der Waals surface area contributed by atoms with Crippen LogP contribution in [0, 0.1) is 5.41 Å². The Bertz CT molecular complexity index is 1020. The van der Waals surface area contributed by atoms with Crippen molar-refractivity contribution in [2.45, 2.75) is 79.3 Å². The van der Waals surface area contributed by atoms with Crippen molar-refractivity contribution in [3.05, 3.63) is 46.8 Å². The maximum Gasteiger partial charge on any atom is 0.242 e. The van der Waals surface area contributed by atoms with Crippen LogP contribution in [0.1, 0.15) is 76.9 Å². The molecule has 0 spiro atoms. The molecular formula is C25H39BrN4O3. The predicted molar refractivity (Wildman–Crippen MR) is 136 cm³/mol. The number of rotatable bonds is 7. The molecule has 0 unspecified atom stereocenters. The van der Waals surface area contributed by atoms with Crippen molar-refractivity contribution in [3.63, 3.8) is 0 Å². The molecule has 1 aromatic carbocycles. The number of phenolic OH excluding ortho intramolecular Hbond substituents is 1. The third kappa shape index (κ3) is 6.59. The van der Waals surface area contributed by atoms with E-state index in [9.17, 15) is 14.7 Å². The van der Waals surface area contributed by atoms with Crippen LogP contribution < -0.4 is 5.62 Å². The van der Waals surface area contributed by atoms with Gasteiger partial charge in [-0.3, -0.25) is 15.0 Å². The Morgan fingerprint density at radius 1 is 0.909 bits per heavy atom. The average molecular weight is 524 g/mol. The minimum atomic E-state index is -0.331. The van der Waals surface area contributed by atoms with E-state index in [1.54, 1.807) is 34.0 Å². The Balaban J connectivity index is 0.00000544. The Morgan fingerprint density at radius 3 is 1.73 bits per heavy atom. The molecule has 0 aliphatic carbocycles. The van der Waals surface area contributed by atoms with Gasteiger partial charge in [0, 0.05) is 42.2 Å². The van der Waals surface area contributed by atoms with Gasteiger partial charge in [0.2, 0.25) is 11.5 Å². The molecule has 0 saturated carbocycles. The van der Waals surface area contributed by atoms with Crippen molar-refractivity contribution < 1.29 is 14.7 Å². The number of halogens is 1. The maximum atomic E-state index is 13.2. The molecule has 1 amide bonds. The van der Waals surface area contributed by atoms with Gasteiger partial charge in [0.15, 0.2) is 5.78 Å². The number of imidazole rings is 1. The summed E-state index contributed by atoms with van der Waals surface area (Å²) in [6.45, 7) is 17.2. The highest BCUT2D eigenvalue weighted by Crippen LogP contribution is 2.39. The monoisotopic (exact) mass is 522 g/mol. The van der Waals surface area contributed by atoms with Crippen molar-refractivity contribution in [2.75, 3.05) is 13.1 Å². The van der Waals surface area contributed by atoms with Gasteiger partial charge in [-0.05, 0) is 36.8 Å². The lowest BCUT2D eigenvalue weighted by Gasteiger charge is -2.28. The molecule has 0 radical (unpaired) electrons. The van der Waals surface area contributed by atoms with Gasteiger partial charge in [0.05, 0.1) is 6.54 Å². The van der Waals surface area contributed by atoms with Gasteiger partial charge in [0.1, 0.15) is 12.3 Å². The van der Waals surface area contributed by atoms with Crippen molar-refractivity contribution >= 4 is 28.7 Å². The lowest BCUT2D eigenvalue weighted by atomic mass is 9.78. The molecule has 7 nitrogen and oxygen atoms in total. The number of Topliss-reactive ketones (excluding diaryl/α,β-unsaturated/α-hetero) is 1. The van der Waals surface area contributed by atoms with E-state index >= 15 is 0 Å². The van der Waals surface area contributed by atoms with Crippen molar-refractivity contribution in [2.24, 2.45) is 0 Å². The first kappa shape index (κ1) is 28.7. The summed E-state index contributed by atoms with van der Waals surface area (Å²) in [5, 5.41) is 19.3. The largest absolute Gasteiger partial charge is 0.507 e. The Hall–Kier alpha value is -2.35. The number of carbonyl (C=O) groups is 2. The summed E-state index contributed by atoms with van der Waals surface area (Å²) in [6.07, 6.45) is 3.32. The summed E-state index contributed by atoms with van der Waals surface area (Å²) in [7, 11) is 0. The number of nitrogens with zero attached hydrogens (tertiary/aromatic N) is 3. The van der Waals surface area contributed by atoms with Crippen LogP contribution in [0.15, 0.2) is 24.5 Å². The van der Waals surface area contributed by atoms with Crippen LogP contribution in [-0.2, 0) is 28.7 Å². The summed E-state index contributed by atoms with van der Waals surface area (Å²) in [6, 6.07) is 3.52. The van der Waals surface area contributed by atoms with Crippen LogP contribution in [0.25, 0.3) is 0 Å². The van der Waals surface area contributed by atoms with E-state index < -0.39 is 0 Å². The Kier molecular flexibility index (Phi) is 9.32. The molecule has 2 N–H and O–H groups in total. The SMILES string of the molecule is Br.CCN(CC)C(=O)Cn1ccn(CC(=O)c2cc(C(C)(C)C)c(O)c(C(C)(C)C)c2)c1=N. The molecule has 0 aliphatic heterocycles. The Labute approximate surface area is 207 Å². The highest BCUT2D eigenvalue weighted by Gasteiger charge is 2.28. The molecule has 8 heteroatoms. The number of aromatic hydroxyl groups is 1. The van der Waals surface area contributed by atoms with Crippen LogP contribution in [0.3, 0.4) is 0 Å². The summed E-state index contributed by atoms with van der Waals surface area (Å²) in [4.78, 5) is 27.3. The average Bonchev–Trinajstić information content (AvgIpc) is 3.00. The third-order valence-electron chi connectivity index (χ3n) is 5.75. The molecule has 0 atom stereocenters. The van der Waals surface area contributed by atoms with Gasteiger partial charge in [-0.25, -0.2) is 0 Å². The molecule has 0 bridgehead atoms. The number of hydrogen-bond donors (Lipinski definition) is 2. The zero-order chi connectivity index (χ0) is 24.4. The smallest absolute Gasteiger partial charge is 0.242 e. The fourth-order valence-corrected chi connectivity index (χ4v) is 3.73. The van der Waals surface area contributed by atoms with Crippen LogP contribution in [0.5, 0.6) is 5.75 Å². The first-order valence-corrected chi connectivity index (χ1v) is 11.2. The highest BCUT2D eigenvalue weighted by molar-refractivity contribution is 8.93. The molecule has 2 aromatic rings. The predicted octanol–water partition coefficient (Wildman–Crippen LogP) is 4.40. The van der Waals surface area contributed by atoms with Gasteiger partial charge in [0.25, 0.3) is 0 Å². The van der Waals surface area contributed by atoms with Crippen molar-refractivity contribution in [1.82, 2.24) is 14.0 Å². The van der Waals surface area contributed by atoms with Gasteiger partial charge >= 0.3 is 0 Å². The number of aromatic nitrogens is 2. The van der Waals surface area contributed by atoms with Crippen LogP contribution >= 0.6 is 17.0 Å². The lowest BCUT2D eigenvalue weighted by molar-refractivity contribution is -0.131. The van der Waals surface area contributed by atoms with Crippen molar-refractivity contribution in [3.8, 4) is 5.75 Å². The second-order valence-corrected chi connectivity index (χ2v) is 10.3. The van der Waals surface area contributed by atoms with Crippen LogP contribution in [0.4, 0.5) is 0 Å². The second kappa shape index (κ2) is 10.7. The second-order valence-electron chi connectivity index (χ2n) is 10.3. The van der Waals surface area contributed by atoms with E-state index in [1.165, 1.54) is 4.57 Å². The number of hydrogen-bond acceptors (Lipinski definition) is 4. The van der Waals surface area contributed by atoms with Gasteiger partial charge < -0.3 is 19.1 Å². The van der Waals surface area contributed by atoms with Gasteiger partial charge in [-0.1, -0.05) is 41.5 Å². The fourth-order valence-electron chi connectivity index (χ4n) is 3.73. The minimum absolute atomic E-state index is 0. The van der Waals surface area contributed by atoms with E-state index in [1.807, 2.05) is 55.4 Å². The molecule has 0 fully saturated rings. The molecule has 0 aliphatic rings. The van der Waals surface area contributed by atoms with Crippen LogP contribution in [-0.4, -0.2) is 43.9 Å². The zero-order valence-corrected chi connectivity index (χ0v) is 22.9. The first-order valence-electron chi connectivity index (χ1n) is 11.2. The molecule has 2 rings (SSSR count). The first-order chi connectivity index (χ1) is 14.7. The third-order valence-corrected chi connectivity index (χ3v) is 5.75. The topological polar surface area (TPSA) is 91.3 Å². The molecular weight excluding hydrogens is 484 g/mol. The highest BCUT2D eigenvalue weighted by atomic mass is 79.9. The zero-order valence-electron chi connectivity index (χ0n) is 21.2. The van der Waals surface area contributed by atoms with E-state index in [-0.39, 0.29) is 64.0 Å². The van der Waals surface area contributed by atoms with E-state index in [4.69, 9.17) is 5.41 Å². The maximum absolute atomic E-state index is 13.2. The van der Waals surface area contributed by atoms with Crippen molar-refractivity contribution in [1.29, 1.82) is 5.41 Å². The molecule has 1 heterocycles. The summed E-state index contributed by atoms with van der Waals surface area (Å²) in [5.74, 6) is 0.0320. The standard InChI is InChI=1S/C25H38N4O3.BrH/c1-9-27(10-2)21(31)16-29-12-11-28(23(29)26)15-20(30)17-13-18(24(3,4)5)22(32)19(14-17)25(6,7)8;/h11-14,26,32H,9-10,15-16H2,1-8H3;1H. The number of ketones is 1. The van der Waals surface area contributed by atoms with Gasteiger partial charge in [-0.15, -0.1) is 17.0 Å². The number of likely N-dealkylation sites (N-methyl/N-ethyl adjacent to an activating group) is 1. The summed E-state index contributed by atoms with van der Waals surface area (Å²) >= 11 is 0. The molecule has 33 heavy (non-hydrogen) atoms. The van der Waals surface area contributed by atoms with Crippen LogP contribution in [0.2, 0.25) is 0 Å². The Morgan fingerprint density at radius 2 is 1.33 bits per heavy atom. The minimum Gasteiger partial charge on any atom is -0.507 e. The number of amides is 1. The van der Waals surface area contributed by atoms with Gasteiger partial charge in [-0.2, -0.15) is 0 Å². The normalized spacial score (nSPS) is 11.8. The van der Waals surface area contributed by atoms with E-state index in [2.05, 4.69) is 0 Å². The number of carbonyl (C=O) groups excluding carboxylic acids is 2. The molecule has 0 saturated heterocycles. The quantitative estimate of drug-likeness (QED) is 0.527. The van der Waals surface area contributed by atoms with E-state index in [0.29, 0.717) is 18.7 Å². The summed E-state index contributed by atoms with van der Waals surface area (Å²) in [5.41, 5.74) is 1.41. The fraction of sp³-hybridized carbons (Fsp3) is 0.560. The number of phenols is 1. The van der Waals surface area contributed by atoms with E-state index in [0.717, 1.165) is 11.1 Å². The number of nitrogens with one attached hydrogen (secondary N) is 1. The molecule has 1 aromatic heterocycles. The molecule has 184 valence electrons.